The molecule has 152 valence electrons. The van der Waals surface area contributed by atoms with E-state index in [9.17, 15) is 9.59 Å². The van der Waals surface area contributed by atoms with Crippen molar-refractivity contribution in [2.75, 3.05) is 13.7 Å². The Morgan fingerprint density at radius 1 is 1.11 bits per heavy atom. The van der Waals surface area contributed by atoms with Crippen LogP contribution >= 0.6 is 0 Å². The second-order valence-electron chi connectivity index (χ2n) is 8.15. The molecule has 0 heterocycles. The second-order valence-corrected chi connectivity index (χ2v) is 8.15. The van der Waals surface area contributed by atoms with Crippen LogP contribution < -0.4 is 10.6 Å². The fraction of sp³-hybridized carbons (Fsp3) is 0.619. The highest BCUT2D eigenvalue weighted by Gasteiger charge is 2.24. The van der Waals surface area contributed by atoms with Gasteiger partial charge in [0.1, 0.15) is 11.6 Å². The molecule has 0 radical (unpaired) electrons. The van der Waals surface area contributed by atoms with Crippen LogP contribution in [0.2, 0.25) is 0 Å². The number of nitrogens with one attached hydrogen (secondary N) is 2. The molecule has 2 atom stereocenters. The molecule has 1 aromatic rings. The van der Waals surface area contributed by atoms with Crippen molar-refractivity contribution < 1.29 is 19.1 Å². The number of ether oxygens (including phenoxy) is 2. The molecule has 2 N–H and O–H groups in total. The lowest BCUT2D eigenvalue weighted by molar-refractivity contribution is -0.143. The summed E-state index contributed by atoms with van der Waals surface area (Å²) in [6.07, 6.45) is 0.840. The van der Waals surface area contributed by atoms with Gasteiger partial charge in [0.15, 0.2) is 0 Å². The topological polar surface area (TPSA) is 76.7 Å². The lowest BCUT2D eigenvalue weighted by atomic mass is 10.0. The summed E-state index contributed by atoms with van der Waals surface area (Å²) in [5, 5.41) is 6.15. The molecule has 1 amide bonds. The van der Waals surface area contributed by atoms with E-state index in [2.05, 4.69) is 24.5 Å². The Hall–Kier alpha value is -2.08. The Balaban J connectivity index is 2.72. The van der Waals surface area contributed by atoms with Crippen LogP contribution in [0.15, 0.2) is 30.3 Å². The van der Waals surface area contributed by atoms with E-state index in [1.54, 1.807) is 0 Å². The fourth-order valence-corrected chi connectivity index (χ4v) is 2.75. The van der Waals surface area contributed by atoms with E-state index in [0.29, 0.717) is 18.9 Å². The SMILES string of the molecule is COC(=O)[C@H](Cc1ccccc1)NC[C@H](CC(C)C)NC(=O)OC(C)(C)C. The Bertz CT molecular complexity index is 582. The minimum absolute atomic E-state index is 0.150. The maximum Gasteiger partial charge on any atom is 0.407 e. The van der Waals surface area contributed by atoms with E-state index in [1.807, 2.05) is 51.1 Å². The first-order valence-electron chi connectivity index (χ1n) is 9.45. The molecular formula is C21H34N2O4. The number of alkyl carbamates (subject to hydrolysis) is 1. The first kappa shape index (κ1) is 23.0. The van der Waals surface area contributed by atoms with Gasteiger partial charge in [0.05, 0.1) is 7.11 Å². The van der Waals surface area contributed by atoms with E-state index >= 15 is 0 Å². The second kappa shape index (κ2) is 10.9. The molecular weight excluding hydrogens is 344 g/mol. The maximum atomic E-state index is 12.2. The van der Waals surface area contributed by atoms with Crippen molar-refractivity contribution in [1.82, 2.24) is 10.6 Å². The number of methoxy groups -OCH3 is 1. The van der Waals surface area contributed by atoms with Crippen LogP contribution in [0.4, 0.5) is 4.79 Å². The number of carbonyl (C=O) groups excluding carboxylic acids is 2. The Kier molecular flexibility index (Phi) is 9.29. The molecule has 27 heavy (non-hydrogen) atoms. The molecule has 0 aromatic heterocycles. The monoisotopic (exact) mass is 378 g/mol. The zero-order valence-electron chi connectivity index (χ0n) is 17.4. The molecule has 6 heteroatoms. The van der Waals surface area contributed by atoms with E-state index in [-0.39, 0.29) is 12.0 Å². The predicted octanol–water partition coefficient (Wildman–Crippen LogP) is 3.30. The smallest absolute Gasteiger partial charge is 0.407 e. The van der Waals surface area contributed by atoms with Gasteiger partial charge < -0.3 is 20.1 Å². The lowest BCUT2D eigenvalue weighted by Gasteiger charge is -2.26. The highest BCUT2D eigenvalue weighted by Crippen LogP contribution is 2.10. The van der Waals surface area contributed by atoms with Gasteiger partial charge in [-0.1, -0.05) is 44.2 Å². The quantitative estimate of drug-likeness (QED) is 0.645. The molecule has 0 spiro atoms. The van der Waals surface area contributed by atoms with Crippen LogP contribution in [-0.4, -0.2) is 43.4 Å². The Labute approximate surface area is 163 Å². The third-order valence-corrected chi connectivity index (χ3v) is 3.86. The number of rotatable bonds is 9. The third kappa shape index (κ3) is 9.99. The third-order valence-electron chi connectivity index (χ3n) is 3.86. The molecule has 0 saturated heterocycles. The van der Waals surface area contributed by atoms with Crippen LogP contribution in [0, 0.1) is 5.92 Å². The van der Waals surface area contributed by atoms with Crippen LogP contribution in [0.3, 0.4) is 0 Å². The van der Waals surface area contributed by atoms with Gasteiger partial charge in [0, 0.05) is 12.6 Å². The molecule has 0 aliphatic heterocycles. The normalized spacial score (nSPS) is 13.7. The van der Waals surface area contributed by atoms with Gasteiger partial charge in [-0.3, -0.25) is 4.79 Å². The van der Waals surface area contributed by atoms with E-state index < -0.39 is 17.7 Å². The van der Waals surface area contributed by atoms with Gasteiger partial charge in [-0.15, -0.1) is 0 Å². The molecule has 0 aliphatic rings. The van der Waals surface area contributed by atoms with Crippen molar-refractivity contribution in [3.05, 3.63) is 35.9 Å². The Morgan fingerprint density at radius 2 is 1.74 bits per heavy atom. The maximum absolute atomic E-state index is 12.2. The van der Waals surface area contributed by atoms with Gasteiger partial charge in [0.25, 0.3) is 0 Å². The zero-order valence-corrected chi connectivity index (χ0v) is 17.4. The largest absolute Gasteiger partial charge is 0.468 e. The first-order valence-corrected chi connectivity index (χ1v) is 9.45. The predicted molar refractivity (Wildman–Crippen MR) is 107 cm³/mol. The van der Waals surface area contributed by atoms with Crippen LogP contribution in [0.25, 0.3) is 0 Å². The Morgan fingerprint density at radius 3 is 2.26 bits per heavy atom. The summed E-state index contributed by atoms with van der Waals surface area (Å²) in [7, 11) is 1.38. The minimum Gasteiger partial charge on any atom is -0.468 e. The van der Waals surface area contributed by atoms with Crippen LogP contribution in [0.1, 0.15) is 46.6 Å². The van der Waals surface area contributed by atoms with Gasteiger partial charge >= 0.3 is 12.1 Å². The average Bonchev–Trinajstić information content (AvgIpc) is 2.56. The van der Waals surface area contributed by atoms with Crippen molar-refractivity contribution in [2.24, 2.45) is 5.92 Å². The molecule has 1 rings (SSSR count). The number of esters is 1. The molecule has 0 fully saturated rings. The van der Waals surface area contributed by atoms with Gasteiger partial charge in [-0.05, 0) is 45.1 Å². The van der Waals surface area contributed by atoms with E-state index in [4.69, 9.17) is 9.47 Å². The summed E-state index contributed by atoms with van der Waals surface area (Å²) >= 11 is 0. The van der Waals surface area contributed by atoms with Crippen molar-refractivity contribution in [1.29, 1.82) is 0 Å². The van der Waals surface area contributed by atoms with Crippen molar-refractivity contribution >= 4 is 12.1 Å². The summed E-state index contributed by atoms with van der Waals surface area (Å²) in [4.78, 5) is 24.3. The van der Waals surface area contributed by atoms with Crippen LogP contribution in [0.5, 0.6) is 0 Å². The minimum atomic E-state index is -0.554. The number of carbonyl (C=O) groups is 2. The molecule has 0 saturated carbocycles. The standard InChI is InChI=1S/C21H34N2O4/c1-15(2)12-17(23-20(25)27-21(3,4)5)14-22-18(19(24)26-6)13-16-10-8-7-9-11-16/h7-11,15,17-18,22H,12-14H2,1-6H3,(H,23,25)/t17-,18-/m0/s1. The lowest BCUT2D eigenvalue weighted by Crippen LogP contribution is -2.49. The number of hydrogen-bond acceptors (Lipinski definition) is 5. The highest BCUT2D eigenvalue weighted by molar-refractivity contribution is 5.76. The first-order chi connectivity index (χ1) is 12.6. The molecule has 0 bridgehead atoms. The van der Waals surface area contributed by atoms with Crippen molar-refractivity contribution in [2.45, 2.75) is 65.1 Å². The van der Waals surface area contributed by atoms with Gasteiger partial charge in [-0.2, -0.15) is 0 Å². The van der Waals surface area contributed by atoms with Crippen molar-refractivity contribution in [3.63, 3.8) is 0 Å². The summed E-state index contributed by atoms with van der Waals surface area (Å²) in [6, 6.07) is 9.14. The highest BCUT2D eigenvalue weighted by atomic mass is 16.6. The molecule has 0 unspecified atom stereocenters. The van der Waals surface area contributed by atoms with E-state index in [1.165, 1.54) is 7.11 Å². The molecule has 0 aliphatic carbocycles. The number of amides is 1. The van der Waals surface area contributed by atoms with Crippen molar-refractivity contribution in [3.8, 4) is 0 Å². The van der Waals surface area contributed by atoms with E-state index in [0.717, 1.165) is 12.0 Å². The van der Waals surface area contributed by atoms with Crippen LogP contribution in [-0.2, 0) is 20.7 Å². The summed E-state index contributed by atoms with van der Waals surface area (Å²) < 4.78 is 10.3. The summed E-state index contributed by atoms with van der Waals surface area (Å²) in [6.45, 7) is 10.1. The number of benzene rings is 1. The average molecular weight is 379 g/mol. The summed E-state index contributed by atoms with van der Waals surface area (Å²) in [5.74, 6) is 0.0665. The molecule has 1 aromatic carbocycles. The molecule has 6 nitrogen and oxygen atoms in total. The summed E-state index contributed by atoms with van der Waals surface area (Å²) in [5.41, 5.74) is 0.489. The van der Waals surface area contributed by atoms with Gasteiger partial charge in [-0.25, -0.2) is 4.79 Å². The number of hydrogen-bond donors (Lipinski definition) is 2. The fourth-order valence-electron chi connectivity index (χ4n) is 2.75. The zero-order chi connectivity index (χ0) is 20.4. The van der Waals surface area contributed by atoms with Gasteiger partial charge in [0.2, 0.25) is 0 Å².